The van der Waals surface area contributed by atoms with Gasteiger partial charge in [0.15, 0.2) is 0 Å². The average Bonchev–Trinajstić information content (AvgIpc) is 3.34. The minimum absolute atomic E-state index is 0.276. The molecule has 1 fully saturated rings. The van der Waals surface area contributed by atoms with E-state index in [1.165, 1.54) is 5.57 Å². The zero-order valence-corrected chi connectivity index (χ0v) is 14.8. The van der Waals surface area contributed by atoms with E-state index in [0.29, 0.717) is 5.82 Å². The van der Waals surface area contributed by atoms with Crippen molar-refractivity contribution in [1.29, 1.82) is 0 Å². The number of nitrogens with zero attached hydrogens (tertiary/aromatic N) is 4. The number of aromatic nitrogens is 3. The highest BCUT2D eigenvalue weighted by Gasteiger charge is 2.26. The minimum atomic E-state index is 0.276. The Labute approximate surface area is 152 Å². The summed E-state index contributed by atoms with van der Waals surface area (Å²) in [5.41, 5.74) is 2.16. The maximum Gasteiger partial charge on any atom is 0.231 e. The Balaban J connectivity index is 1.41. The maximum absolute atomic E-state index is 5.55. The van der Waals surface area contributed by atoms with Crippen LogP contribution in [0, 0.1) is 0 Å². The molecule has 0 amide bonds. The second-order valence-corrected chi connectivity index (χ2v) is 6.78. The van der Waals surface area contributed by atoms with E-state index in [9.17, 15) is 0 Å². The molecule has 134 valence electrons. The molecule has 26 heavy (non-hydrogen) atoms. The number of furan rings is 1. The Morgan fingerprint density at radius 1 is 1.35 bits per heavy atom. The third-order valence-electron chi connectivity index (χ3n) is 4.62. The van der Waals surface area contributed by atoms with Crippen molar-refractivity contribution in [3.8, 4) is 11.4 Å². The molecule has 3 aromatic heterocycles. The molecule has 6 heteroatoms. The lowest BCUT2D eigenvalue weighted by Gasteiger charge is -2.31. The SMILES string of the molecule is C/C(=C\c1ccco1)CN1CCCC(c2nc(-c3cccnc3)no2)C1. The summed E-state index contributed by atoms with van der Waals surface area (Å²) in [5, 5.41) is 4.13. The lowest BCUT2D eigenvalue weighted by atomic mass is 9.97. The Kier molecular flexibility index (Phi) is 4.93. The fourth-order valence-corrected chi connectivity index (χ4v) is 3.43. The summed E-state index contributed by atoms with van der Waals surface area (Å²) in [6, 6.07) is 7.70. The van der Waals surface area contributed by atoms with E-state index in [4.69, 9.17) is 8.94 Å². The van der Waals surface area contributed by atoms with Gasteiger partial charge in [0.25, 0.3) is 0 Å². The van der Waals surface area contributed by atoms with E-state index in [1.807, 2.05) is 24.3 Å². The summed E-state index contributed by atoms with van der Waals surface area (Å²) in [6.07, 6.45) is 9.49. The highest BCUT2D eigenvalue weighted by Crippen LogP contribution is 2.28. The monoisotopic (exact) mass is 350 g/mol. The van der Waals surface area contributed by atoms with Gasteiger partial charge in [-0.2, -0.15) is 4.98 Å². The molecule has 3 aromatic rings. The molecule has 0 saturated carbocycles. The van der Waals surface area contributed by atoms with Gasteiger partial charge in [-0.15, -0.1) is 0 Å². The first-order valence-corrected chi connectivity index (χ1v) is 8.95. The fourth-order valence-electron chi connectivity index (χ4n) is 3.43. The van der Waals surface area contributed by atoms with Crippen LogP contribution in [0.4, 0.5) is 0 Å². The van der Waals surface area contributed by atoms with Gasteiger partial charge in [0.1, 0.15) is 5.76 Å². The molecule has 0 aromatic carbocycles. The summed E-state index contributed by atoms with van der Waals surface area (Å²) in [4.78, 5) is 11.2. The van der Waals surface area contributed by atoms with Crippen molar-refractivity contribution in [1.82, 2.24) is 20.0 Å². The van der Waals surface area contributed by atoms with Gasteiger partial charge in [0.05, 0.1) is 12.2 Å². The third-order valence-corrected chi connectivity index (χ3v) is 4.62. The van der Waals surface area contributed by atoms with Crippen LogP contribution in [-0.2, 0) is 0 Å². The Hall–Kier alpha value is -2.73. The molecule has 1 aliphatic rings. The predicted octanol–water partition coefficient (Wildman–Crippen LogP) is 4.01. The number of rotatable bonds is 5. The molecule has 0 N–H and O–H groups in total. The second kappa shape index (κ2) is 7.66. The summed E-state index contributed by atoms with van der Waals surface area (Å²) in [5.74, 6) is 2.51. The minimum Gasteiger partial charge on any atom is -0.465 e. The van der Waals surface area contributed by atoms with Crippen LogP contribution >= 0.6 is 0 Å². The van der Waals surface area contributed by atoms with Crippen molar-refractivity contribution in [2.24, 2.45) is 0 Å². The van der Waals surface area contributed by atoms with Crippen LogP contribution in [0.25, 0.3) is 17.5 Å². The van der Waals surface area contributed by atoms with E-state index in [-0.39, 0.29) is 5.92 Å². The van der Waals surface area contributed by atoms with Crippen molar-refractivity contribution >= 4 is 6.08 Å². The van der Waals surface area contributed by atoms with Gasteiger partial charge in [0.2, 0.25) is 11.7 Å². The lowest BCUT2D eigenvalue weighted by Crippen LogP contribution is -2.35. The Bertz CT molecular complexity index is 855. The number of piperidine rings is 1. The van der Waals surface area contributed by atoms with Gasteiger partial charge in [0, 0.05) is 31.0 Å². The molecule has 0 radical (unpaired) electrons. The Morgan fingerprint density at radius 3 is 3.12 bits per heavy atom. The van der Waals surface area contributed by atoms with E-state index in [0.717, 1.165) is 49.7 Å². The molecule has 4 heterocycles. The molecule has 1 aliphatic heterocycles. The largest absolute Gasteiger partial charge is 0.465 e. The van der Waals surface area contributed by atoms with Crippen LogP contribution in [0.1, 0.15) is 37.3 Å². The zero-order chi connectivity index (χ0) is 17.8. The van der Waals surface area contributed by atoms with Gasteiger partial charge in [-0.25, -0.2) is 0 Å². The van der Waals surface area contributed by atoms with Crippen molar-refractivity contribution in [3.63, 3.8) is 0 Å². The predicted molar refractivity (Wildman–Crippen MR) is 98.3 cm³/mol. The van der Waals surface area contributed by atoms with E-state index >= 15 is 0 Å². The van der Waals surface area contributed by atoms with E-state index < -0.39 is 0 Å². The summed E-state index contributed by atoms with van der Waals surface area (Å²) >= 11 is 0. The second-order valence-electron chi connectivity index (χ2n) is 6.78. The standard InChI is InChI=1S/C20H22N4O2/c1-15(11-18-7-4-10-25-18)13-24-9-3-6-17(14-24)20-22-19(23-26-20)16-5-2-8-21-12-16/h2,4-5,7-8,10-12,17H,3,6,9,13-14H2,1H3/b15-11+. The molecular formula is C20H22N4O2. The van der Waals surface area contributed by atoms with Crippen LogP contribution < -0.4 is 0 Å². The van der Waals surface area contributed by atoms with Crippen LogP contribution in [0.15, 0.2) is 57.4 Å². The molecule has 1 unspecified atom stereocenters. The molecule has 0 aliphatic carbocycles. The van der Waals surface area contributed by atoms with Gasteiger partial charge in [-0.05, 0) is 56.7 Å². The van der Waals surface area contributed by atoms with Crippen LogP contribution in [0.3, 0.4) is 0 Å². The smallest absolute Gasteiger partial charge is 0.231 e. The summed E-state index contributed by atoms with van der Waals surface area (Å²) < 4.78 is 10.9. The topological polar surface area (TPSA) is 68.2 Å². The van der Waals surface area contributed by atoms with Gasteiger partial charge in [-0.3, -0.25) is 9.88 Å². The van der Waals surface area contributed by atoms with Crippen molar-refractivity contribution in [2.75, 3.05) is 19.6 Å². The highest BCUT2D eigenvalue weighted by atomic mass is 16.5. The zero-order valence-electron chi connectivity index (χ0n) is 14.8. The van der Waals surface area contributed by atoms with Crippen molar-refractivity contribution in [3.05, 3.63) is 60.1 Å². The summed E-state index contributed by atoms with van der Waals surface area (Å²) in [6.45, 7) is 5.07. The van der Waals surface area contributed by atoms with Gasteiger partial charge < -0.3 is 8.94 Å². The van der Waals surface area contributed by atoms with Crippen LogP contribution in [0.2, 0.25) is 0 Å². The normalized spacial score (nSPS) is 19.0. The van der Waals surface area contributed by atoms with Crippen molar-refractivity contribution < 1.29 is 8.94 Å². The molecule has 0 spiro atoms. The van der Waals surface area contributed by atoms with Gasteiger partial charge >= 0.3 is 0 Å². The maximum atomic E-state index is 5.55. The average molecular weight is 350 g/mol. The molecule has 0 bridgehead atoms. The number of hydrogen-bond acceptors (Lipinski definition) is 6. The van der Waals surface area contributed by atoms with Gasteiger partial charge in [-0.1, -0.05) is 10.7 Å². The number of hydrogen-bond donors (Lipinski definition) is 0. The summed E-state index contributed by atoms with van der Waals surface area (Å²) in [7, 11) is 0. The quantitative estimate of drug-likeness (QED) is 0.692. The number of likely N-dealkylation sites (tertiary alicyclic amines) is 1. The van der Waals surface area contributed by atoms with E-state index in [1.54, 1.807) is 18.7 Å². The molecule has 4 rings (SSSR count). The first-order chi connectivity index (χ1) is 12.8. The first-order valence-electron chi connectivity index (χ1n) is 8.95. The highest BCUT2D eigenvalue weighted by molar-refractivity contribution is 5.52. The molecule has 1 saturated heterocycles. The Morgan fingerprint density at radius 2 is 2.31 bits per heavy atom. The van der Waals surface area contributed by atoms with Crippen LogP contribution in [-0.4, -0.2) is 39.7 Å². The van der Waals surface area contributed by atoms with Crippen molar-refractivity contribution in [2.45, 2.75) is 25.7 Å². The lowest BCUT2D eigenvalue weighted by molar-refractivity contribution is 0.199. The fraction of sp³-hybridized carbons (Fsp3) is 0.350. The molecular weight excluding hydrogens is 328 g/mol. The molecule has 1 atom stereocenters. The molecule has 6 nitrogen and oxygen atoms in total. The van der Waals surface area contributed by atoms with Crippen LogP contribution in [0.5, 0.6) is 0 Å². The first kappa shape index (κ1) is 16.7. The number of pyridine rings is 1. The third kappa shape index (κ3) is 3.91. The van der Waals surface area contributed by atoms with E-state index in [2.05, 4.69) is 33.0 Å².